The van der Waals surface area contributed by atoms with Gasteiger partial charge in [0.1, 0.15) is 42.0 Å². The molecule has 1 saturated heterocycles. The van der Waals surface area contributed by atoms with Crippen LogP contribution in [0.4, 0.5) is 28.9 Å². The number of unbranched alkanes of at least 4 members (excludes halogenated alkanes) is 1. The van der Waals surface area contributed by atoms with Crippen LogP contribution in [0.25, 0.3) is 10.4 Å². The van der Waals surface area contributed by atoms with Crippen molar-refractivity contribution in [1.29, 1.82) is 5.26 Å². The van der Waals surface area contributed by atoms with Gasteiger partial charge in [0.2, 0.25) is 23.6 Å². The lowest BCUT2D eigenvalue weighted by Crippen LogP contribution is -2.58. The molecule has 6 rings (SSSR count). The van der Waals surface area contributed by atoms with E-state index < -0.39 is 57.8 Å². The number of nitrogens with one attached hydrogen (secondary N) is 2. The number of aryl methyl sites for hydroxylation is 1. The second-order valence-electron chi connectivity index (χ2n) is 19.2. The number of likely N-dealkylation sites (tertiary alicyclic amines) is 1. The smallest absolute Gasteiger partial charge is 0.420 e. The van der Waals surface area contributed by atoms with Gasteiger partial charge in [0.15, 0.2) is 10.9 Å². The zero-order valence-electron chi connectivity index (χ0n) is 42.0. The van der Waals surface area contributed by atoms with Gasteiger partial charge in [0.05, 0.1) is 57.4 Å². The molecule has 3 aromatic carbocycles. The van der Waals surface area contributed by atoms with Crippen LogP contribution < -0.4 is 29.9 Å². The minimum atomic E-state index is -5.16. The van der Waals surface area contributed by atoms with Gasteiger partial charge in [-0.2, -0.15) is 18.4 Å². The van der Waals surface area contributed by atoms with Crippen LogP contribution >= 0.6 is 23.6 Å². The number of aldehydes is 1. The van der Waals surface area contributed by atoms with E-state index in [9.17, 15) is 37.6 Å². The van der Waals surface area contributed by atoms with E-state index in [1.807, 2.05) is 57.5 Å². The molecule has 0 bridgehead atoms. The lowest BCUT2D eigenvalue weighted by Gasteiger charge is -2.39. The number of thiocarbonyl (C=S) groups is 1. The first-order valence-electron chi connectivity index (χ1n) is 23.7. The summed E-state index contributed by atoms with van der Waals surface area (Å²) < 4.78 is 74.0. The third kappa shape index (κ3) is 14.0. The van der Waals surface area contributed by atoms with Gasteiger partial charge in [-0.15, -0.1) is 11.3 Å². The fourth-order valence-electron chi connectivity index (χ4n) is 8.12. The maximum atomic E-state index is 15.4. The monoisotopic (exact) mass is 1060 g/mol. The van der Waals surface area contributed by atoms with Crippen LogP contribution in [0.2, 0.25) is 0 Å². The number of alkyl halides is 3. The van der Waals surface area contributed by atoms with Crippen molar-refractivity contribution in [2.24, 2.45) is 5.41 Å². The Balaban J connectivity index is 0.925. The summed E-state index contributed by atoms with van der Waals surface area (Å²) in [6.45, 7) is 11.7. The highest BCUT2D eigenvalue weighted by molar-refractivity contribution is 7.80. The predicted octanol–water partition coefficient (Wildman–Crippen LogP) is 9.55. The Bertz CT molecular complexity index is 2830. The molecule has 3 amide bonds. The van der Waals surface area contributed by atoms with E-state index in [1.165, 1.54) is 50.2 Å². The van der Waals surface area contributed by atoms with E-state index in [2.05, 4.69) is 20.6 Å². The zero-order valence-corrected chi connectivity index (χ0v) is 43.7. The van der Waals surface area contributed by atoms with Crippen LogP contribution in [-0.2, 0) is 36.6 Å². The number of hydrogen-bond acceptors (Lipinski definition) is 12. The number of ether oxygens (including phenoxy) is 3. The lowest BCUT2D eigenvalue weighted by atomic mass is 9.85. The van der Waals surface area contributed by atoms with Gasteiger partial charge in [-0.05, 0) is 118 Å². The first-order valence-corrected chi connectivity index (χ1v) is 25.0. The van der Waals surface area contributed by atoms with Crippen molar-refractivity contribution in [3.05, 3.63) is 113 Å². The molecule has 1 aliphatic heterocycles. The van der Waals surface area contributed by atoms with Gasteiger partial charge < -0.3 is 44.3 Å². The van der Waals surface area contributed by atoms with Crippen molar-refractivity contribution in [2.75, 3.05) is 43.2 Å². The van der Waals surface area contributed by atoms with Crippen molar-refractivity contribution in [3.63, 3.8) is 0 Å². The third-order valence-electron chi connectivity index (χ3n) is 12.1. The second kappa shape index (κ2) is 24.3. The number of rotatable bonds is 20. The van der Waals surface area contributed by atoms with Crippen molar-refractivity contribution in [1.82, 2.24) is 25.5 Å². The molecule has 74 heavy (non-hydrogen) atoms. The molecule has 3 heterocycles. The number of carbonyl (C=O) groups is 4. The fraction of sp³-hybridized carbons (Fsp3) is 0.396. The molecule has 2 atom stereocenters. The van der Waals surface area contributed by atoms with Crippen molar-refractivity contribution in [2.45, 2.75) is 97.6 Å². The average molecular weight is 1060 g/mol. The summed E-state index contributed by atoms with van der Waals surface area (Å²) in [5.41, 5.74) is -0.164. The van der Waals surface area contributed by atoms with E-state index >= 15 is 4.39 Å². The number of aromatic nitrogens is 2. The number of nitrogens with zero attached hydrogens (tertiary/aromatic N) is 6. The number of benzene rings is 3. The number of amides is 3. The van der Waals surface area contributed by atoms with Crippen LogP contribution in [0.15, 0.2) is 84.5 Å². The SMILES string of the molecule is Cc1ncsc1-c1ccc(CNC(=O)C2CCCN2C(=O)[C@@H](NC(=O)COCCCCOc2ccc(Oc3ccc(N(C(=S)N(C)c4ccc(C#N)c(C(F)(F)F)c4F)C(C)(C)C=O)cn3)cc2)C(C)(C)C)cc1. The van der Waals surface area contributed by atoms with Crippen LogP contribution in [0, 0.1) is 29.5 Å². The van der Waals surface area contributed by atoms with Crippen molar-refractivity contribution >= 4 is 64.0 Å². The van der Waals surface area contributed by atoms with Crippen molar-refractivity contribution in [3.8, 4) is 33.9 Å². The van der Waals surface area contributed by atoms with Gasteiger partial charge in [0, 0.05) is 32.8 Å². The maximum absolute atomic E-state index is 15.4. The quantitative estimate of drug-likeness (QED) is 0.0326. The molecule has 2 aromatic heterocycles. The Labute approximate surface area is 436 Å². The first-order chi connectivity index (χ1) is 35.0. The van der Waals surface area contributed by atoms with Crippen LogP contribution in [-0.4, -0.2) is 95.0 Å². The van der Waals surface area contributed by atoms with E-state index in [-0.39, 0.29) is 41.7 Å². The minimum absolute atomic E-state index is 0.157. The molecule has 0 aliphatic carbocycles. The van der Waals surface area contributed by atoms with Gasteiger partial charge in [-0.3, -0.25) is 14.4 Å². The summed E-state index contributed by atoms with van der Waals surface area (Å²) in [4.78, 5) is 66.3. The summed E-state index contributed by atoms with van der Waals surface area (Å²) >= 11 is 7.17. The first kappa shape index (κ1) is 56.3. The number of pyridine rings is 1. The third-order valence-corrected chi connectivity index (χ3v) is 13.6. The van der Waals surface area contributed by atoms with Gasteiger partial charge in [0.25, 0.3) is 0 Å². The Kier molecular flexibility index (Phi) is 18.5. The number of thiazole rings is 1. The summed E-state index contributed by atoms with van der Waals surface area (Å²) in [6, 6.07) is 19.4. The van der Waals surface area contributed by atoms with Crippen LogP contribution in [0.1, 0.15) is 82.7 Å². The summed E-state index contributed by atoms with van der Waals surface area (Å²) in [5, 5.41) is 14.8. The molecule has 2 N–H and O–H groups in total. The number of halogens is 4. The summed E-state index contributed by atoms with van der Waals surface area (Å²) in [5.74, 6) is -1.55. The number of hydrogen-bond donors (Lipinski definition) is 2. The van der Waals surface area contributed by atoms with E-state index in [0.29, 0.717) is 63.2 Å². The van der Waals surface area contributed by atoms with Gasteiger partial charge in [-0.25, -0.2) is 14.4 Å². The van der Waals surface area contributed by atoms with Gasteiger partial charge in [-0.1, -0.05) is 45.0 Å². The molecule has 0 saturated carbocycles. The normalized spacial score (nSPS) is 14.1. The Morgan fingerprint density at radius 3 is 2.27 bits per heavy atom. The Hall–Kier alpha value is -7.02. The molecule has 1 fully saturated rings. The lowest BCUT2D eigenvalue weighted by molar-refractivity contribution is -0.144. The fourth-order valence-corrected chi connectivity index (χ4v) is 9.37. The molecule has 0 spiro atoms. The largest absolute Gasteiger partial charge is 0.494 e. The molecular weight excluding hydrogens is 1000 g/mol. The summed E-state index contributed by atoms with van der Waals surface area (Å²) in [6.07, 6.45) is -0.842. The Morgan fingerprint density at radius 2 is 1.66 bits per heavy atom. The number of carbonyl (C=O) groups excluding carboxylic acids is 4. The molecular formula is C53H58F4N8O7S2. The number of nitriles is 1. The van der Waals surface area contributed by atoms with Crippen LogP contribution in [0.5, 0.6) is 17.4 Å². The van der Waals surface area contributed by atoms with E-state index in [4.69, 9.17) is 26.4 Å². The predicted molar refractivity (Wildman–Crippen MR) is 276 cm³/mol. The molecule has 21 heteroatoms. The molecule has 15 nitrogen and oxygen atoms in total. The molecule has 1 aliphatic rings. The topological polar surface area (TPSA) is 179 Å². The highest BCUT2D eigenvalue weighted by Gasteiger charge is 2.43. The van der Waals surface area contributed by atoms with Crippen molar-refractivity contribution < 1.29 is 51.0 Å². The van der Waals surface area contributed by atoms with E-state index in [0.717, 1.165) is 38.7 Å². The highest BCUT2D eigenvalue weighted by Crippen LogP contribution is 2.39. The maximum Gasteiger partial charge on any atom is 0.420 e. The van der Waals surface area contributed by atoms with E-state index in [1.54, 1.807) is 40.5 Å². The molecule has 1 unspecified atom stereocenters. The average Bonchev–Trinajstić information content (AvgIpc) is 4.04. The Morgan fingerprint density at radius 1 is 0.973 bits per heavy atom. The highest BCUT2D eigenvalue weighted by atomic mass is 32.1. The summed E-state index contributed by atoms with van der Waals surface area (Å²) in [7, 11) is 1.25. The molecule has 392 valence electrons. The number of anilines is 2. The second-order valence-corrected chi connectivity index (χ2v) is 20.4. The minimum Gasteiger partial charge on any atom is -0.494 e. The van der Waals surface area contributed by atoms with Crippen LogP contribution in [0.3, 0.4) is 0 Å². The molecule has 5 aromatic rings. The zero-order chi connectivity index (χ0) is 54.0. The molecule has 0 radical (unpaired) electrons. The standard InChI is InChI=1S/C53H58F4N8O7S2/c1-33-46(74-32-61-33)35-14-12-34(13-15-35)28-60-48(68)41-11-10-24-64(41)49(69)47(51(2,3)4)62-42(67)30-70-25-8-9-26-71-38-18-20-39(21-19-38)72-43-23-17-37(29-59-43)65(52(5,6)31-66)50(73)63(7)40-22-16-36(27-58)44(45(40)54)53(55,56)57/h12-23,29,31-32,41,47H,8-11,24-26,28,30H2,1-7H3,(H,60,68)(H,62,67)/t41?,47-/m1/s1. The van der Waals surface area contributed by atoms with Gasteiger partial charge >= 0.3 is 6.18 Å².